The van der Waals surface area contributed by atoms with Crippen molar-refractivity contribution >= 4 is 23.2 Å². The number of piperidine rings is 1. The van der Waals surface area contributed by atoms with E-state index in [9.17, 15) is 9.59 Å². The zero-order valence-corrected chi connectivity index (χ0v) is 16.4. The van der Waals surface area contributed by atoms with Crippen LogP contribution < -0.4 is 5.32 Å². The highest BCUT2D eigenvalue weighted by Gasteiger charge is 2.43. The lowest BCUT2D eigenvalue weighted by atomic mass is 9.85. The molecule has 6 nitrogen and oxygen atoms in total. The summed E-state index contributed by atoms with van der Waals surface area (Å²) in [7, 11) is 0. The summed E-state index contributed by atoms with van der Waals surface area (Å²) in [6.45, 7) is 8.74. The van der Waals surface area contributed by atoms with Gasteiger partial charge in [0.1, 0.15) is 5.60 Å². The van der Waals surface area contributed by atoms with Crippen molar-refractivity contribution in [2.24, 2.45) is 0 Å². The Labute approximate surface area is 158 Å². The van der Waals surface area contributed by atoms with Crippen LogP contribution in [0.15, 0.2) is 6.07 Å². The lowest BCUT2D eigenvalue weighted by Crippen LogP contribution is -2.54. The van der Waals surface area contributed by atoms with Gasteiger partial charge in [0.25, 0.3) is 5.91 Å². The molecule has 0 aliphatic carbocycles. The van der Waals surface area contributed by atoms with Crippen LogP contribution in [-0.4, -0.2) is 67.0 Å². The third-order valence-electron chi connectivity index (χ3n) is 5.82. The number of thiophene rings is 1. The van der Waals surface area contributed by atoms with Crippen molar-refractivity contribution in [3.05, 3.63) is 21.4 Å². The van der Waals surface area contributed by atoms with E-state index in [-0.39, 0.29) is 30.0 Å². The number of carbonyl (C=O) groups is 2. The summed E-state index contributed by atoms with van der Waals surface area (Å²) in [5.41, 5.74) is 1.05. The van der Waals surface area contributed by atoms with Gasteiger partial charge in [0.05, 0.1) is 18.0 Å². The Morgan fingerprint density at radius 2 is 2.19 bits per heavy atom. The summed E-state index contributed by atoms with van der Waals surface area (Å²) in [4.78, 5) is 30.9. The molecule has 3 aliphatic rings. The molecule has 1 N–H and O–H groups in total. The highest BCUT2D eigenvalue weighted by atomic mass is 32.1. The van der Waals surface area contributed by atoms with Crippen LogP contribution in [0, 0.1) is 0 Å². The van der Waals surface area contributed by atoms with Crippen LogP contribution in [0.3, 0.4) is 0 Å². The van der Waals surface area contributed by atoms with E-state index in [0.717, 1.165) is 50.4 Å². The molecule has 7 heteroatoms. The van der Waals surface area contributed by atoms with E-state index in [1.54, 1.807) is 16.2 Å². The van der Waals surface area contributed by atoms with E-state index in [2.05, 4.69) is 23.2 Å². The van der Waals surface area contributed by atoms with E-state index in [1.807, 2.05) is 6.92 Å². The topological polar surface area (TPSA) is 61.9 Å². The largest absolute Gasteiger partial charge is 0.369 e. The fraction of sp³-hybridized carbons (Fsp3) is 0.684. The van der Waals surface area contributed by atoms with Crippen molar-refractivity contribution < 1.29 is 14.3 Å². The molecule has 142 valence electrons. The van der Waals surface area contributed by atoms with Gasteiger partial charge in [-0.05, 0) is 44.4 Å². The normalized spacial score (nSPS) is 25.8. The quantitative estimate of drug-likeness (QED) is 0.850. The first-order valence-electron chi connectivity index (χ1n) is 9.59. The van der Waals surface area contributed by atoms with Gasteiger partial charge in [-0.2, -0.15) is 0 Å². The number of likely N-dealkylation sites (tertiary alicyclic amines) is 1. The second kappa shape index (κ2) is 6.94. The molecule has 1 aromatic rings. The fourth-order valence-electron chi connectivity index (χ4n) is 4.37. The fourth-order valence-corrected chi connectivity index (χ4v) is 5.75. The van der Waals surface area contributed by atoms with Crippen LogP contribution >= 0.6 is 11.3 Å². The number of nitrogens with one attached hydrogen (secondary N) is 1. The zero-order chi connectivity index (χ0) is 18.3. The van der Waals surface area contributed by atoms with Gasteiger partial charge in [-0.1, -0.05) is 6.92 Å². The lowest BCUT2D eigenvalue weighted by molar-refractivity contribution is -0.124. The maximum absolute atomic E-state index is 13.0. The first-order chi connectivity index (χ1) is 12.5. The SMILES string of the molecule is CCN1CCC2(CC1)OCCc1cc(C(=O)N3CC(=O)N[C@@H](C)C3)sc12. The highest BCUT2D eigenvalue weighted by molar-refractivity contribution is 7.14. The van der Waals surface area contributed by atoms with Gasteiger partial charge in [-0.15, -0.1) is 11.3 Å². The Morgan fingerprint density at radius 3 is 2.88 bits per heavy atom. The average Bonchev–Trinajstić information content (AvgIpc) is 3.07. The molecule has 0 saturated carbocycles. The van der Waals surface area contributed by atoms with Crippen molar-refractivity contribution in [2.45, 2.75) is 44.8 Å². The lowest BCUT2D eigenvalue weighted by Gasteiger charge is -2.43. The van der Waals surface area contributed by atoms with Gasteiger partial charge in [0.15, 0.2) is 0 Å². The van der Waals surface area contributed by atoms with E-state index >= 15 is 0 Å². The number of amides is 2. The third-order valence-corrected chi connectivity index (χ3v) is 7.17. The molecule has 4 rings (SSSR count). The van der Waals surface area contributed by atoms with Crippen LogP contribution in [0.4, 0.5) is 0 Å². The monoisotopic (exact) mass is 377 g/mol. The van der Waals surface area contributed by atoms with Crippen molar-refractivity contribution in [3.63, 3.8) is 0 Å². The van der Waals surface area contributed by atoms with Crippen LogP contribution in [-0.2, 0) is 21.6 Å². The number of fused-ring (bicyclic) bond motifs is 2. The zero-order valence-electron chi connectivity index (χ0n) is 15.5. The molecular formula is C19H27N3O3S. The molecular weight excluding hydrogens is 350 g/mol. The molecule has 0 aromatic carbocycles. The molecule has 0 bridgehead atoms. The van der Waals surface area contributed by atoms with Crippen LogP contribution in [0.1, 0.15) is 46.8 Å². The second-order valence-corrected chi connectivity index (χ2v) is 8.70. The minimum Gasteiger partial charge on any atom is -0.369 e. The van der Waals surface area contributed by atoms with Gasteiger partial charge in [0.2, 0.25) is 5.91 Å². The Hall–Kier alpha value is -1.44. The number of hydrogen-bond acceptors (Lipinski definition) is 5. The standard InChI is InChI=1S/C19H27N3O3S/c1-3-21-7-5-19(6-8-21)17-14(4-9-25-19)10-15(26-17)18(24)22-11-13(2)20-16(23)12-22/h10,13H,3-9,11-12H2,1-2H3,(H,20,23)/t13-/m0/s1. The molecule has 26 heavy (non-hydrogen) atoms. The van der Waals surface area contributed by atoms with Gasteiger partial charge in [0, 0.05) is 30.6 Å². The number of hydrogen-bond donors (Lipinski definition) is 1. The molecule has 2 saturated heterocycles. The number of piperazine rings is 1. The molecule has 1 atom stereocenters. The van der Waals surface area contributed by atoms with Crippen molar-refractivity contribution in [2.75, 3.05) is 39.3 Å². The van der Waals surface area contributed by atoms with Crippen LogP contribution in [0.25, 0.3) is 0 Å². The predicted molar refractivity (Wildman–Crippen MR) is 101 cm³/mol. The van der Waals surface area contributed by atoms with Crippen molar-refractivity contribution in [1.29, 1.82) is 0 Å². The Balaban J connectivity index is 1.57. The average molecular weight is 378 g/mol. The minimum absolute atomic E-state index is 0.00262. The summed E-state index contributed by atoms with van der Waals surface area (Å²) >= 11 is 1.59. The van der Waals surface area contributed by atoms with E-state index in [1.165, 1.54) is 10.4 Å². The summed E-state index contributed by atoms with van der Waals surface area (Å²) in [5.74, 6) is -0.0996. The maximum atomic E-state index is 13.0. The van der Waals surface area contributed by atoms with Crippen molar-refractivity contribution in [3.8, 4) is 0 Å². The predicted octanol–water partition coefficient (Wildman–Crippen LogP) is 1.59. The van der Waals surface area contributed by atoms with E-state index in [0.29, 0.717) is 6.54 Å². The molecule has 2 fully saturated rings. The number of carbonyl (C=O) groups excluding carboxylic acids is 2. The Kier molecular flexibility index (Phi) is 4.79. The van der Waals surface area contributed by atoms with E-state index in [4.69, 9.17) is 4.74 Å². The van der Waals surface area contributed by atoms with Crippen LogP contribution in [0.2, 0.25) is 0 Å². The molecule has 0 radical (unpaired) electrons. The number of nitrogens with zero attached hydrogens (tertiary/aromatic N) is 2. The number of ether oxygens (including phenoxy) is 1. The first kappa shape index (κ1) is 17.9. The molecule has 3 aliphatic heterocycles. The van der Waals surface area contributed by atoms with Gasteiger partial charge in [-0.25, -0.2) is 0 Å². The Morgan fingerprint density at radius 1 is 1.42 bits per heavy atom. The third kappa shape index (κ3) is 3.17. The highest BCUT2D eigenvalue weighted by Crippen LogP contribution is 2.45. The first-order valence-corrected chi connectivity index (χ1v) is 10.4. The summed E-state index contributed by atoms with van der Waals surface area (Å²) in [6, 6.07) is 2.05. The maximum Gasteiger partial charge on any atom is 0.264 e. The molecule has 2 amide bonds. The molecule has 0 unspecified atom stereocenters. The Bertz CT molecular complexity index is 709. The summed E-state index contributed by atoms with van der Waals surface area (Å²) < 4.78 is 6.29. The van der Waals surface area contributed by atoms with Gasteiger partial charge < -0.3 is 19.9 Å². The summed E-state index contributed by atoms with van der Waals surface area (Å²) in [6.07, 6.45) is 2.85. The van der Waals surface area contributed by atoms with Crippen molar-refractivity contribution in [1.82, 2.24) is 15.1 Å². The minimum atomic E-state index is -0.213. The second-order valence-electron chi connectivity index (χ2n) is 7.65. The van der Waals surface area contributed by atoms with Crippen LogP contribution in [0.5, 0.6) is 0 Å². The van der Waals surface area contributed by atoms with Gasteiger partial charge >= 0.3 is 0 Å². The van der Waals surface area contributed by atoms with E-state index < -0.39 is 0 Å². The molecule has 1 aromatic heterocycles. The number of rotatable bonds is 2. The summed E-state index contributed by atoms with van der Waals surface area (Å²) in [5, 5.41) is 2.87. The smallest absolute Gasteiger partial charge is 0.264 e. The van der Waals surface area contributed by atoms with Gasteiger partial charge in [-0.3, -0.25) is 9.59 Å². The molecule has 4 heterocycles. The molecule has 1 spiro atoms.